The molecule has 0 saturated carbocycles. The Morgan fingerprint density at radius 1 is 1.35 bits per heavy atom. The molecule has 20 heavy (non-hydrogen) atoms. The van der Waals surface area contributed by atoms with E-state index in [1.54, 1.807) is 0 Å². The zero-order valence-electron chi connectivity index (χ0n) is 12.9. The Balaban J connectivity index is 2.16. The van der Waals surface area contributed by atoms with Gasteiger partial charge in [0.2, 0.25) is 0 Å². The Labute approximate surface area is 126 Å². The number of hydrogen-bond donors (Lipinski definition) is 1. The minimum atomic E-state index is 0.397. The number of nitrogens with zero attached hydrogens (tertiary/aromatic N) is 2. The Kier molecular flexibility index (Phi) is 5.38. The van der Waals surface area contributed by atoms with Gasteiger partial charge < -0.3 is 5.32 Å². The third-order valence-electron chi connectivity index (χ3n) is 3.55. The van der Waals surface area contributed by atoms with Gasteiger partial charge in [0.15, 0.2) is 0 Å². The third-order valence-corrected chi connectivity index (χ3v) is 4.66. The summed E-state index contributed by atoms with van der Waals surface area (Å²) in [7, 11) is 2.05. The van der Waals surface area contributed by atoms with Crippen LogP contribution >= 0.6 is 11.3 Å². The standard InChI is InChI=1S/C16H25N3S/c1-5-9-17-15(16-8-7-12(3)20-16)11-14-10-13(6-2)18-19(14)4/h7-8,10,15,17H,5-6,9,11H2,1-4H3. The van der Waals surface area contributed by atoms with Crippen LogP contribution in [0.25, 0.3) is 0 Å². The molecule has 0 aromatic carbocycles. The van der Waals surface area contributed by atoms with Crippen LogP contribution in [-0.4, -0.2) is 16.3 Å². The van der Waals surface area contributed by atoms with Crippen LogP contribution in [0.4, 0.5) is 0 Å². The Morgan fingerprint density at radius 2 is 2.15 bits per heavy atom. The van der Waals surface area contributed by atoms with Crippen molar-refractivity contribution in [3.63, 3.8) is 0 Å². The highest BCUT2D eigenvalue weighted by Crippen LogP contribution is 2.26. The molecule has 0 aliphatic heterocycles. The first-order chi connectivity index (χ1) is 9.63. The number of aryl methyl sites for hydroxylation is 3. The Hall–Kier alpha value is -1.13. The third kappa shape index (κ3) is 3.70. The van der Waals surface area contributed by atoms with Crippen LogP contribution < -0.4 is 5.32 Å². The minimum Gasteiger partial charge on any atom is -0.309 e. The minimum absolute atomic E-state index is 0.397. The smallest absolute Gasteiger partial charge is 0.0624 e. The van der Waals surface area contributed by atoms with Gasteiger partial charge in [-0.25, -0.2) is 0 Å². The van der Waals surface area contributed by atoms with Crippen molar-refractivity contribution in [2.45, 2.75) is 46.1 Å². The maximum atomic E-state index is 4.55. The van der Waals surface area contributed by atoms with Gasteiger partial charge in [0.25, 0.3) is 0 Å². The van der Waals surface area contributed by atoms with Crippen LogP contribution in [0, 0.1) is 6.92 Å². The summed E-state index contributed by atoms with van der Waals surface area (Å²) in [4.78, 5) is 2.80. The van der Waals surface area contributed by atoms with Gasteiger partial charge in [-0.1, -0.05) is 13.8 Å². The van der Waals surface area contributed by atoms with Gasteiger partial charge >= 0.3 is 0 Å². The van der Waals surface area contributed by atoms with Crippen LogP contribution in [0.5, 0.6) is 0 Å². The summed E-state index contributed by atoms with van der Waals surface area (Å²) >= 11 is 1.89. The molecule has 110 valence electrons. The predicted octanol–water partition coefficient (Wildman–Crippen LogP) is 3.64. The summed E-state index contributed by atoms with van der Waals surface area (Å²) in [6.45, 7) is 7.59. The molecular formula is C16H25N3S. The molecule has 2 aromatic heterocycles. The molecule has 0 aliphatic carbocycles. The molecule has 2 heterocycles. The second-order valence-corrected chi connectivity index (χ2v) is 6.58. The maximum absolute atomic E-state index is 4.55. The summed E-state index contributed by atoms with van der Waals surface area (Å²) in [5.74, 6) is 0. The predicted molar refractivity (Wildman–Crippen MR) is 86.4 cm³/mol. The van der Waals surface area contributed by atoms with Crippen LogP contribution in [0.2, 0.25) is 0 Å². The van der Waals surface area contributed by atoms with Crippen LogP contribution in [0.3, 0.4) is 0 Å². The van der Waals surface area contributed by atoms with Crippen LogP contribution in [0.15, 0.2) is 18.2 Å². The molecule has 0 aliphatic rings. The van der Waals surface area contributed by atoms with E-state index >= 15 is 0 Å². The fraction of sp³-hybridized carbons (Fsp3) is 0.562. The van der Waals surface area contributed by atoms with Gasteiger partial charge in [0.05, 0.1) is 5.69 Å². The van der Waals surface area contributed by atoms with E-state index in [9.17, 15) is 0 Å². The lowest BCUT2D eigenvalue weighted by molar-refractivity contribution is 0.518. The normalized spacial score (nSPS) is 12.8. The highest BCUT2D eigenvalue weighted by Gasteiger charge is 2.16. The monoisotopic (exact) mass is 291 g/mol. The topological polar surface area (TPSA) is 29.9 Å². The van der Waals surface area contributed by atoms with E-state index in [-0.39, 0.29) is 0 Å². The van der Waals surface area contributed by atoms with E-state index < -0.39 is 0 Å². The lowest BCUT2D eigenvalue weighted by Gasteiger charge is -2.17. The quantitative estimate of drug-likeness (QED) is 0.844. The first-order valence-electron chi connectivity index (χ1n) is 7.45. The Bertz CT molecular complexity index is 542. The number of hydrogen-bond acceptors (Lipinski definition) is 3. The van der Waals surface area contributed by atoms with Gasteiger partial charge in [-0.15, -0.1) is 11.3 Å². The molecule has 0 spiro atoms. The van der Waals surface area contributed by atoms with E-state index in [0.717, 1.165) is 25.8 Å². The highest BCUT2D eigenvalue weighted by molar-refractivity contribution is 7.12. The van der Waals surface area contributed by atoms with Gasteiger partial charge in [-0.3, -0.25) is 4.68 Å². The van der Waals surface area contributed by atoms with Crippen LogP contribution in [-0.2, 0) is 19.9 Å². The van der Waals surface area contributed by atoms with Crippen molar-refractivity contribution in [1.29, 1.82) is 0 Å². The number of rotatable bonds is 7. The largest absolute Gasteiger partial charge is 0.309 e. The van der Waals surface area contributed by atoms with Crippen molar-refractivity contribution in [1.82, 2.24) is 15.1 Å². The van der Waals surface area contributed by atoms with Gasteiger partial charge in [-0.05, 0) is 44.5 Å². The molecule has 2 aromatic rings. The molecule has 1 N–H and O–H groups in total. The molecule has 1 atom stereocenters. The van der Waals surface area contributed by atoms with Crippen molar-refractivity contribution >= 4 is 11.3 Å². The molecule has 3 nitrogen and oxygen atoms in total. The molecule has 0 bridgehead atoms. The molecule has 0 fully saturated rings. The van der Waals surface area contributed by atoms with E-state index in [0.29, 0.717) is 6.04 Å². The first-order valence-corrected chi connectivity index (χ1v) is 8.27. The molecule has 0 radical (unpaired) electrons. The summed E-state index contributed by atoms with van der Waals surface area (Å²) in [6.07, 6.45) is 3.16. The van der Waals surface area contributed by atoms with Crippen molar-refractivity contribution in [2.24, 2.45) is 7.05 Å². The average molecular weight is 291 g/mol. The van der Waals surface area contributed by atoms with Crippen molar-refractivity contribution in [2.75, 3.05) is 6.54 Å². The van der Waals surface area contributed by atoms with Crippen molar-refractivity contribution < 1.29 is 0 Å². The molecule has 4 heteroatoms. The molecule has 2 rings (SSSR count). The van der Waals surface area contributed by atoms with E-state index in [2.05, 4.69) is 49.4 Å². The fourth-order valence-electron chi connectivity index (χ4n) is 2.38. The van der Waals surface area contributed by atoms with Gasteiger partial charge in [-0.2, -0.15) is 5.10 Å². The van der Waals surface area contributed by atoms with Crippen molar-refractivity contribution in [3.05, 3.63) is 39.3 Å². The zero-order valence-corrected chi connectivity index (χ0v) is 13.8. The summed E-state index contributed by atoms with van der Waals surface area (Å²) in [6, 6.07) is 7.10. The number of thiophene rings is 1. The zero-order chi connectivity index (χ0) is 14.5. The Morgan fingerprint density at radius 3 is 2.70 bits per heavy atom. The van der Waals surface area contributed by atoms with Crippen molar-refractivity contribution in [3.8, 4) is 0 Å². The number of nitrogens with one attached hydrogen (secondary N) is 1. The van der Waals surface area contributed by atoms with E-state index in [1.165, 1.54) is 21.1 Å². The van der Waals surface area contributed by atoms with Gasteiger partial charge in [0, 0.05) is 35.0 Å². The summed E-state index contributed by atoms with van der Waals surface area (Å²) in [5, 5.41) is 8.22. The summed E-state index contributed by atoms with van der Waals surface area (Å²) in [5.41, 5.74) is 2.49. The summed E-state index contributed by atoms with van der Waals surface area (Å²) < 4.78 is 2.03. The molecule has 0 saturated heterocycles. The SMILES string of the molecule is CCCNC(Cc1cc(CC)nn1C)c1ccc(C)s1. The fourth-order valence-corrected chi connectivity index (χ4v) is 3.33. The lowest BCUT2D eigenvalue weighted by Crippen LogP contribution is -2.24. The maximum Gasteiger partial charge on any atom is 0.0624 e. The van der Waals surface area contributed by atoms with E-state index in [4.69, 9.17) is 0 Å². The lowest BCUT2D eigenvalue weighted by atomic mass is 10.1. The molecule has 0 amide bonds. The number of aromatic nitrogens is 2. The average Bonchev–Trinajstić information content (AvgIpc) is 3.01. The highest BCUT2D eigenvalue weighted by atomic mass is 32.1. The first kappa shape index (κ1) is 15.3. The van der Waals surface area contributed by atoms with Crippen LogP contribution in [0.1, 0.15) is 47.5 Å². The second kappa shape index (κ2) is 7.04. The van der Waals surface area contributed by atoms with E-state index in [1.807, 2.05) is 23.1 Å². The molecular weight excluding hydrogens is 266 g/mol. The second-order valence-electron chi connectivity index (χ2n) is 5.26. The molecule has 1 unspecified atom stereocenters. The van der Waals surface area contributed by atoms with Gasteiger partial charge in [0.1, 0.15) is 0 Å².